The van der Waals surface area contributed by atoms with Crippen molar-refractivity contribution in [2.75, 3.05) is 0 Å². The Morgan fingerprint density at radius 1 is 1.57 bits per heavy atom. The van der Waals surface area contributed by atoms with E-state index >= 15 is 0 Å². The van der Waals surface area contributed by atoms with Gasteiger partial charge in [-0.15, -0.1) is 0 Å². The van der Waals surface area contributed by atoms with Gasteiger partial charge >= 0.3 is 0 Å². The van der Waals surface area contributed by atoms with Crippen LogP contribution in [0.15, 0.2) is 16.7 Å². The number of carbonyl (C=O) groups is 1. The van der Waals surface area contributed by atoms with E-state index in [-0.39, 0.29) is 5.91 Å². The Labute approximate surface area is 83.5 Å². The van der Waals surface area contributed by atoms with Crippen LogP contribution < -0.4 is 5.32 Å². The molecule has 1 fully saturated rings. The second kappa shape index (κ2) is 3.48. The van der Waals surface area contributed by atoms with Gasteiger partial charge < -0.3 is 9.73 Å². The zero-order valence-corrected chi connectivity index (χ0v) is 8.54. The molecule has 1 N–H and O–H groups in total. The number of nitrogens with one attached hydrogen (secondary N) is 1. The number of hydrogen-bond donors (Lipinski definition) is 1. The highest BCUT2D eigenvalue weighted by Gasteiger charge is 2.25. The van der Waals surface area contributed by atoms with E-state index in [1.807, 2.05) is 6.07 Å². The van der Waals surface area contributed by atoms with Crippen molar-refractivity contribution in [1.82, 2.24) is 5.32 Å². The third-order valence-corrected chi connectivity index (χ3v) is 2.42. The summed E-state index contributed by atoms with van der Waals surface area (Å²) in [4.78, 5) is 11.5. The normalized spacial score (nSPS) is 15.9. The summed E-state index contributed by atoms with van der Waals surface area (Å²) in [5.74, 6) is 0.751. The Bertz CT molecular complexity index is 337. The molecule has 1 aliphatic rings. The van der Waals surface area contributed by atoms with Gasteiger partial charge in [-0.3, -0.25) is 4.79 Å². The molecule has 1 aromatic rings. The van der Waals surface area contributed by atoms with E-state index in [1.165, 1.54) is 0 Å². The number of furan rings is 1. The summed E-state index contributed by atoms with van der Waals surface area (Å²) in [7, 11) is 0. The minimum Gasteiger partial charge on any atom is -0.459 e. The molecule has 1 heterocycles. The summed E-state index contributed by atoms with van der Waals surface area (Å²) in [6.45, 7) is 4.15. The number of carbonyl (C=O) groups excluding carboxylic acids is 1. The number of amides is 1. The molecule has 0 aliphatic heterocycles. The zero-order chi connectivity index (χ0) is 10.1. The van der Waals surface area contributed by atoms with Gasteiger partial charge in [0, 0.05) is 6.04 Å². The van der Waals surface area contributed by atoms with Crippen molar-refractivity contribution >= 4 is 5.91 Å². The minimum atomic E-state index is -0.0839. The average molecular weight is 193 g/mol. The van der Waals surface area contributed by atoms with Gasteiger partial charge in [0.05, 0.1) is 6.26 Å². The van der Waals surface area contributed by atoms with Crippen LogP contribution in [0, 0.1) is 0 Å². The fourth-order valence-electron chi connectivity index (χ4n) is 1.26. The summed E-state index contributed by atoms with van der Waals surface area (Å²) >= 11 is 0. The summed E-state index contributed by atoms with van der Waals surface area (Å²) in [5.41, 5.74) is 1.07. The van der Waals surface area contributed by atoms with E-state index in [1.54, 1.807) is 6.26 Å². The highest BCUT2D eigenvalue weighted by Crippen LogP contribution is 2.21. The van der Waals surface area contributed by atoms with Gasteiger partial charge in [-0.2, -0.15) is 0 Å². The quantitative estimate of drug-likeness (QED) is 0.800. The Morgan fingerprint density at radius 2 is 2.29 bits per heavy atom. The Morgan fingerprint density at radius 3 is 2.79 bits per heavy atom. The molecular formula is C11H15NO2. The molecule has 1 aliphatic carbocycles. The third-order valence-electron chi connectivity index (χ3n) is 2.42. The first kappa shape index (κ1) is 9.31. The predicted molar refractivity (Wildman–Crippen MR) is 53.3 cm³/mol. The van der Waals surface area contributed by atoms with Crippen LogP contribution in [0.5, 0.6) is 0 Å². The van der Waals surface area contributed by atoms with Crippen LogP contribution in [0.3, 0.4) is 0 Å². The topological polar surface area (TPSA) is 42.2 Å². The van der Waals surface area contributed by atoms with Crippen molar-refractivity contribution < 1.29 is 9.21 Å². The van der Waals surface area contributed by atoms with E-state index in [9.17, 15) is 4.79 Å². The Hall–Kier alpha value is -1.25. The molecule has 0 saturated heterocycles. The lowest BCUT2D eigenvalue weighted by molar-refractivity contribution is 0.0923. The molecule has 0 atom stereocenters. The molecule has 3 nitrogen and oxygen atoms in total. The van der Waals surface area contributed by atoms with E-state index in [2.05, 4.69) is 19.2 Å². The maximum atomic E-state index is 11.5. The van der Waals surface area contributed by atoms with Crippen LogP contribution in [0.4, 0.5) is 0 Å². The number of hydrogen-bond acceptors (Lipinski definition) is 2. The Kier molecular flexibility index (Phi) is 2.32. The van der Waals surface area contributed by atoms with Crippen LogP contribution in [0.25, 0.3) is 0 Å². The van der Waals surface area contributed by atoms with Crippen LogP contribution in [-0.2, 0) is 0 Å². The summed E-state index contributed by atoms with van der Waals surface area (Å²) in [6.07, 6.45) is 3.86. The Balaban J connectivity index is 2.03. The molecule has 1 aromatic heterocycles. The standard InChI is InChI=1S/C11H15NO2/c1-7(2)8-5-10(14-6-8)11(13)12-9-3-4-9/h5-7,9H,3-4H2,1-2H3,(H,12,13). The van der Waals surface area contributed by atoms with Crippen molar-refractivity contribution in [3.8, 4) is 0 Å². The van der Waals surface area contributed by atoms with E-state index in [0.29, 0.717) is 17.7 Å². The van der Waals surface area contributed by atoms with Crippen molar-refractivity contribution in [2.45, 2.75) is 38.6 Å². The first-order chi connectivity index (χ1) is 6.66. The fraction of sp³-hybridized carbons (Fsp3) is 0.545. The number of rotatable bonds is 3. The fourth-order valence-corrected chi connectivity index (χ4v) is 1.26. The minimum absolute atomic E-state index is 0.0839. The first-order valence-corrected chi connectivity index (χ1v) is 5.06. The first-order valence-electron chi connectivity index (χ1n) is 5.06. The van der Waals surface area contributed by atoms with Crippen LogP contribution in [0.2, 0.25) is 0 Å². The molecule has 0 spiro atoms. The van der Waals surface area contributed by atoms with Crippen molar-refractivity contribution in [1.29, 1.82) is 0 Å². The summed E-state index contributed by atoms with van der Waals surface area (Å²) < 4.78 is 5.20. The summed E-state index contributed by atoms with van der Waals surface area (Å²) in [6, 6.07) is 2.21. The maximum absolute atomic E-state index is 11.5. The SMILES string of the molecule is CC(C)c1coc(C(=O)NC2CC2)c1. The second-order valence-electron chi connectivity index (χ2n) is 4.15. The van der Waals surface area contributed by atoms with E-state index in [4.69, 9.17) is 4.42 Å². The molecule has 1 saturated carbocycles. The molecule has 76 valence electrons. The molecular weight excluding hydrogens is 178 g/mol. The molecule has 0 bridgehead atoms. The monoisotopic (exact) mass is 193 g/mol. The average Bonchev–Trinajstić information content (AvgIpc) is 2.81. The molecule has 2 rings (SSSR count). The third kappa shape index (κ3) is 1.97. The van der Waals surface area contributed by atoms with E-state index < -0.39 is 0 Å². The highest BCUT2D eigenvalue weighted by molar-refractivity contribution is 5.92. The summed E-state index contributed by atoms with van der Waals surface area (Å²) in [5, 5.41) is 2.89. The molecule has 0 radical (unpaired) electrons. The van der Waals surface area contributed by atoms with Gasteiger partial charge in [-0.1, -0.05) is 13.8 Å². The molecule has 3 heteroatoms. The lowest BCUT2D eigenvalue weighted by Gasteiger charge is -1.98. The van der Waals surface area contributed by atoms with Gasteiger partial charge in [0.1, 0.15) is 0 Å². The molecule has 0 aromatic carbocycles. The largest absolute Gasteiger partial charge is 0.459 e. The van der Waals surface area contributed by atoms with Gasteiger partial charge in [0.15, 0.2) is 5.76 Å². The van der Waals surface area contributed by atoms with Crippen LogP contribution in [0.1, 0.15) is 48.7 Å². The molecule has 0 unspecified atom stereocenters. The molecule has 14 heavy (non-hydrogen) atoms. The van der Waals surface area contributed by atoms with Gasteiger partial charge in [-0.25, -0.2) is 0 Å². The van der Waals surface area contributed by atoms with Crippen molar-refractivity contribution in [2.24, 2.45) is 0 Å². The van der Waals surface area contributed by atoms with Gasteiger partial charge in [0.2, 0.25) is 0 Å². The predicted octanol–water partition coefficient (Wildman–Crippen LogP) is 2.30. The highest BCUT2D eigenvalue weighted by atomic mass is 16.3. The molecule has 1 amide bonds. The van der Waals surface area contributed by atoms with Crippen LogP contribution >= 0.6 is 0 Å². The van der Waals surface area contributed by atoms with Crippen LogP contribution in [-0.4, -0.2) is 11.9 Å². The lowest BCUT2D eigenvalue weighted by Crippen LogP contribution is -2.24. The van der Waals surface area contributed by atoms with Gasteiger partial charge in [0.25, 0.3) is 5.91 Å². The van der Waals surface area contributed by atoms with Gasteiger partial charge in [-0.05, 0) is 30.4 Å². The zero-order valence-electron chi connectivity index (χ0n) is 8.54. The smallest absolute Gasteiger partial charge is 0.287 e. The van der Waals surface area contributed by atoms with Crippen molar-refractivity contribution in [3.63, 3.8) is 0 Å². The lowest BCUT2D eigenvalue weighted by atomic mass is 10.1. The van der Waals surface area contributed by atoms with E-state index in [0.717, 1.165) is 18.4 Å². The van der Waals surface area contributed by atoms with Crippen molar-refractivity contribution in [3.05, 3.63) is 23.7 Å². The maximum Gasteiger partial charge on any atom is 0.287 e. The second-order valence-corrected chi connectivity index (χ2v) is 4.15.